The van der Waals surface area contributed by atoms with Crippen molar-refractivity contribution in [2.24, 2.45) is 0 Å². The second-order valence-corrected chi connectivity index (χ2v) is 7.08. The molecule has 0 unspecified atom stereocenters. The molecule has 1 saturated carbocycles. The van der Waals surface area contributed by atoms with E-state index in [1.807, 2.05) is 24.3 Å². The van der Waals surface area contributed by atoms with Crippen LogP contribution in [0.2, 0.25) is 0 Å². The number of anilines is 2. The van der Waals surface area contributed by atoms with Gasteiger partial charge in [-0.3, -0.25) is 5.41 Å². The zero-order chi connectivity index (χ0) is 18.1. The smallest absolute Gasteiger partial charge is 0.232 e. The van der Waals surface area contributed by atoms with Gasteiger partial charge in [-0.1, -0.05) is 0 Å². The lowest BCUT2D eigenvalue weighted by Crippen LogP contribution is -2.42. The fraction of sp³-hybridized carbons (Fsp3) is 0.421. The molecule has 7 heteroatoms. The standard InChI is InChI=1S/C19H23N5O2/c1-19(4-5-19)26-13-2-3-15(20)14(10-13)18(21)16-11-17(23-12-22-16)24-6-8-25-9-7-24/h2-3,10-12,21H,4-9,20H2,1H3/p+1. The van der Waals surface area contributed by atoms with E-state index in [9.17, 15) is 0 Å². The molecular formula is C19H24N5O2+. The van der Waals surface area contributed by atoms with Gasteiger partial charge in [0.2, 0.25) is 5.71 Å². The van der Waals surface area contributed by atoms with Crippen molar-refractivity contribution in [3.8, 4) is 5.75 Å². The summed E-state index contributed by atoms with van der Waals surface area (Å²) in [7, 11) is 0. The van der Waals surface area contributed by atoms with E-state index >= 15 is 0 Å². The Labute approximate surface area is 152 Å². The van der Waals surface area contributed by atoms with Crippen molar-refractivity contribution < 1.29 is 14.9 Å². The van der Waals surface area contributed by atoms with Crippen LogP contribution >= 0.6 is 0 Å². The van der Waals surface area contributed by atoms with Gasteiger partial charge in [0.25, 0.3) is 0 Å². The highest BCUT2D eigenvalue weighted by Gasteiger charge is 2.40. The molecule has 2 fully saturated rings. The molecule has 7 nitrogen and oxygen atoms in total. The Balaban J connectivity index is 1.59. The quantitative estimate of drug-likeness (QED) is 0.596. The van der Waals surface area contributed by atoms with E-state index in [0.29, 0.717) is 30.3 Å². The molecule has 1 aromatic heterocycles. The summed E-state index contributed by atoms with van der Waals surface area (Å²) in [6.07, 6.45) is 3.68. The highest BCUT2D eigenvalue weighted by molar-refractivity contribution is 6.11. The maximum atomic E-state index is 6.41. The third-order valence-corrected chi connectivity index (χ3v) is 4.90. The molecule has 2 heterocycles. The number of nitrogen functional groups attached to an aromatic ring is 1. The van der Waals surface area contributed by atoms with E-state index in [1.165, 1.54) is 6.33 Å². The summed E-state index contributed by atoms with van der Waals surface area (Å²) in [6, 6.07) is 7.50. The number of hydrogen-bond donors (Lipinski definition) is 2. The highest BCUT2D eigenvalue weighted by atomic mass is 16.5. The first kappa shape index (κ1) is 16.8. The van der Waals surface area contributed by atoms with Crippen molar-refractivity contribution in [3.63, 3.8) is 0 Å². The van der Waals surface area contributed by atoms with Crippen LogP contribution in [0.4, 0.5) is 11.5 Å². The van der Waals surface area contributed by atoms with Gasteiger partial charge >= 0.3 is 0 Å². The van der Waals surface area contributed by atoms with Gasteiger partial charge in [0.1, 0.15) is 29.2 Å². The molecule has 1 saturated heterocycles. The minimum absolute atomic E-state index is 0.0550. The van der Waals surface area contributed by atoms with Crippen LogP contribution in [0, 0.1) is 0 Å². The average Bonchev–Trinajstić information content (AvgIpc) is 3.40. The Bertz CT molecular complexity index is 828. The molecule has 4 N–H and O–H groups in total. The molecule has 26 heavy (non-hydrogen) atoms. The predicted octanol–water partition coefficient (Wildman–Crippen LogP) is 0.423. The number of rotatable bonds is 5. The van der Waals surface area contributed by atoms with E-state index in [0.717, 1.165) is 43.1 Å². The maximum Gasteiger partial charge on any atom is 0.232 e. The van der Waals surface area contributed by atoms with Crippen molar-refractivity contribution in [2.45, 2.75) is 25.4 Å². The number of hydrogen-bond acceptors (Lipinski definition) is 6. The molecular weight excluding hydrogens is 330 g/mol. The minimum atomic E-state index is -0.0550. The monoisotopic (exact) mass is 354 g/mol. The molecule has 4 rings (SSSR count). The van der Waals surface area contributed by atoms with Crippen molar-refractivity contribution in [2.75, 3.05) is 36.9 Å². The van der Waals surface area contributed by atoms with Crippen LogP contribution in [0.25, 0.3) is 0 Å². The fourth-order valence-corrected chi connectivity index (χ4v) is 2.99. The van der Waals surface area contributed by atoms with Gasteiger partial charge in [-0.05, 0) is 38.0 Å². The van der Waals surface area contributed by atoms with Gasteiger partial charge in [0.05, 0.1) is 18.8 Å². The third kappa shape index (κ3) is 3.48. The van der Waals surface area contributed by atoms with Gasteiger partial charge in [0.15, 0.2) is 0 Å². The van der Waals surface area contributed by atoms with Crippen LogP contribution < -0.4 is 20.8 Å². The summed E-state index contributed by atoms with van der Waals surface area (Å²) in [4.78, 5) is 10.9. The molecule has 136 valence electrons. The Morgan fingerprint density at radius 1 is 1.23 bits per heavy atom. The normalized spacial score (nSPS) is 18.4. The van der Waals surface area contributed by atoms with E-state index in [2.05, 4.69) is 21.8 Å². The molecule has 1 aromatic carbocycles. The number of aromatic nitrogens is 2. The number of benzene rings is 1. The van der Waals surface area contributed by atoms with Gasteiger partial charge in [-0.2, -0.15) is 0 Å². The summed E-state index contributed by atoms with van der Waals surface area (Å²) >= 11 is 0. The van der Waals surface area contributed by atoms with Crippen molar-refractivity contribution in [1.82, 2.24) is 9.97 Å². The van der Waals surface area contributed by atoms with Crippen LogP contribution in [0.5, 0.6) is 5.75 Å². The Morgan fingerprint density at radius 3 is 2.73 bits per heavy atom. The molecule has 0 amide bonds. The highest BCUT2D eigenvalue weighted by Crippen LogP contribution is 2.40. The summed E-state index contributed by atoms with van der Waals surface area (Å²) in [5.41, 5.74) is 8.62. The van der Waals surface area contributed by atoms with Gasteiger partial charge in [-0.25, -0.2) is 9.97 Å². The molecule has 1 aliphatic carbocycles. The zero-order valence-electron chi connectivity index (χ0n) is 14.9. The fourth-order valence-electron chi connectivity index (χ4n) is 2.99. The number of nitrogens with zero attached hydrogens (tertiary/aromatic N) is 3. The van der Waals surface area contributed by atoms with Crippen LogP contribution in [0.3, 0.4) is 0 Å². The average molecular weight is 354 g/mol. The Hall–Kier alpha value is -2.67. The van der Waals surface area contributed by atoms with Crippen LogP contribution in [0.15, 0.2) is 30.6 Å². The number of nitrogens with two attached hydrogens (primary N) is 2. The first-order valence-electron chi connectivity index (χ1n) is 8.91. The molecule has 2 aliphatic rings. The first-order valence-corrected chi connectivity index (χ1v) is 8.91. The second kappa shape index (κ2) is 6.57. The lowest BCUT2D eigenvalue weighted by Gasteiger charge is -2.27. The number of ether oxygens (including phenoxy) is 2. The minimum Gasteiger partial charge on any atom is -0.488 e. The summed E-state index contributed by atoms with van der Waals surface area (Å²) < 4.78 is 11.4. The zero-order valence-corrected chi connectivity index (χ0v) is 14.9. The lowest BCUT2D eigenvalue weighted by molar-refractivity contribution is -0.111. The molecule has 0 atom stereocenters. The topological polar surface area (TPSA) is 99.1 Å². The summed E-state index contributed by atoms with van der Waals surface area (Å²) in [6.45, 7) is 5.11. The maximum absolute atomic E-state index is 6.41. The summed E-state index contributed by atoms with van der Waals surface area (Å²) in [5, 5.41) is 6.41. The predicted molar refractivity (Wildman–Crippen MR) is 99.3 cm³/mol. The van der Waals surface area contributed by atoms with E-state index in [1.54, 1.807) is 0 Å². The van der Waals surface area contributed by atoms with Crippen molar-refractivity contribution in [3.05, 3.63) is 41.9 Å². The van der Waals surface area contributed by atoms with E-state index in [4.69, 9.17) is 20.6 Å². The second-order valence-electron chi connectivity index (χ2n) is 7.08. The SMILES string of the molecule is CC1(Oc2ccc(N)c(C(=[NH2+])c3cc(N4CCOCC4)ncn3)c2)CC1. The van der Waals surface area contributed by atoms with E-state index < -0.39 is 0 Å². The lowest BCUT2D eigenvalue weighted by atomic mass is 10.0. The third-order valence-electron chi connectivity index (χ3n) is 4.90. The molecule has 0 radical (unpaired) electrons. The van der Waals surface area contributed by atoms with Crippen molar-refractivity contribution in [1.29, 1.82) is 0 Å². The van der Waals surface area contributed by atoms with Gasteiger partial charge in [-0.15, -0.1) is 0 Å². The largest absolute Gasteiger partial charge is 0.488 e. The Morgan fingerprint density at radius 2 is 2.00 bits per heavy atom. The van der Waals surface area contributed by atoms with Gasteiger partial charge < -0.3 is 20.1 Å². The molecule has 0 spiro atoms. The first-order chi connectivity index (χ1) is 12.5. The van der Waals surface area contributed by atoms with Crippen LogP contribution in [-0.2, 0) is 4.74 Å². The summed E-state index contributed by atoms with van der Waals surface area (Å²) in [5.74, 6) is 1.62. The van der Waals surface area contributed by atoms with Crippen LogP contribution in [0.1, 0.15) is 31.0 Å². The van der Waals surface area contributed by atoms with Crippen molar-refractivity contribution >= 4 is 17.2 Å². The van der Waals surface area contributed by atoms with Crippen LogP contribution in [-0.4, -0.2) is 47.6 Å². The number of morpholine rings is 1. The Kier molecular flexibility index (Phi) is 4.24. The molecule has 0 bridgehead atoms. The van der Waals surface area contributed by atoms with E-state index in [-0.39, 0.29) is 5.60 Å². The van der Waals surface area contributed by atoms with Gasteiger partial charge in [0, 0.05) is 24.8 Å². The molecule has 2 aromatic rings. The molecule has 1 aliphatic heterocycles.